The molecule has 1 N–H and O–H groups in total. The Morgan fingerprint density at radius 2 is 2.06 bits per heavy atom. The fourth-order valence-electron chi connectivity index (χ4n) is 2.02. The topological polar surface area (TPSA) is 29.5 Å². The molecule has 2 nitrogen and oxygen atoms in total. The minimum atomic E-state index is -1.11. The maximum atomic E-state index is 13.9. The van der Waals surface area contributed by atoms with E-state index in [0.717, 1.165) is 12.8 Å². The predicted molar refractivity (Wildman–Crippen MR) is 59.9 cm³/mol. The van der Waals surface area contributed by atoms with E-state index in [1.54, 1.807) is 19.1 Å². The monoisotopic (exact) mass is 224 g/mol. The van der Waals surface area contributed by atoms with Gasteiger partial charge in [-0.05, 0) is 31.9 Å². The Kier molecular flexibility index (Phi) is 2.46. The third-order valence-electron chi connectivity index (χ3n) is 3.88. The van der Waals surface area contributed by atoms with E-state index in [-0.39, 0.29) is 5.41 Å². The minimum absolute atomic E-state index is 0.192. The van der Waals surface area contributed by atoms with E-state index in [1.165, 1.54) is 13.2 Å². The average Bonchev–Trinajstić information content (AvgIpc) is 2.97. The van der Waals surface area contributed by atoms with Gasteiger partial charge < -0.3 is 9.84 Å². The molecule has 1 aromatic carbocycles. The number of ether oxygens (including phenoxy) is 1. The molecule has 1 fully saturated rings. The summed E-state index contributed by atoms with van der Waals surface area (Å²) in [5, 5.41) is 10.4. The standard InChI is InChI=1S/C13H17FO2/c1-12(6-7-12)13(2,15)10-5-4-9(16-3)8-11(10)14/h4-5,8,15H,6-7H2,1-3H3. The molecule has 16 heavy (non-hydrogen) atoms. The Morgan fingerprint density at radius 3 is 2.50 bits per heavy atom. The lowest BCUT2D eigenvalue weighted by Crippen LogP contribution is -2.32. The molecule has 1 atom stereocenters. The van der Waals surface area contributed by atoms with Crippen molar-refractivity contribution in [3.63, 3.8) is 0 Å². The van der Waals surface area contributed by atoms with Crippen molar-refractivity contribution >= 4 is 0 Å². The molecule has 0 bridgehead atoms. The van der Waals surface area contributed by atoms with Crippen LogP contribution in [0.3, 0.4) is 0 Å². The summed E-state index contributed by atoms with van der Waals surface area (Å²) in [5.41, 5.74) is -0.945. The number of hydrogen-bond donors (Lipinski definition) is 1. The van der Waals surface area contributed by atoms with Crippen LogP contribution in [0.4, 0.5) is 4.39 Å². The zero-order valence-corrected chi connectivity index (χ0v) is 9.88. The molecule has 1 unspecified atom stereocenters. The van der Waals surface area contributed by atoms with E-state index in [1.807, 2.05) is 6.92 Å². The Balaban J connectivity index is 2.40. The molecular weight excluding hydrogens is 207 g/mol. The van der Waals surface area contributed by atoms with Gasteiger partial charge in [0.15, 0.2) is 0 Å². The lowest BCUT2D eigenvalue weighted by molar-refractivity contribution is -0.0157. The van der Waals surface area contributed by atoms with Crippen LogP contribution < -0.4 is 4.74 Å². The van der Waals surface area contributed by atoms with Gasteiger partial charge in [-0.1, -0.05) is 6.92 Å². The molecule has 1 aromatic rings. The first-order valence-electron chi connectivity index (χ1n) is 5.47. The molecule has 3 heteroatoms. The predicted octanol–water partition coefficient (Wildman–Crippen LogP) is 2.84. The molecule has 0 spiro atoms. The van der Waals surface area contributed by atoms with Crippen molar-refractivity contribution in [2.45, 2.75) is 32.3 Å². The SMILES string of the molecule is COc1ccc(C(C)(O)C2(C)CC2)c(F)c1. The summed E-state index contributed by atoms with van der Waals surface area (Å²) in [4.78, 5) is 0. The smallest absolute Gasteiger partial charge is 0.132 e. The Hall–Kier alpha value is -1.09. The summed E-state index contributed by atoms with van der Waals surface area (Å²) in [7, 11) is 1.49. The lowest BCUT2D eigenvalue weighted by atomic mass is 9.81. The number of benzene rings is 1. The molecule has 1 aliphatic rings. The van der Waals surface area contributed by atoms with Crippen LogP contribution >= 0.6 is 0 Å². The number of rotatable bonds is 3. The minimum Gasteiger partial charge on any atom is -0.497 e. The molecular formula is C13H17FO2. The van der Waals surface area contributed by atoms with Crippen LogP contribution in [0, 0.1) is 11.2 Å². The van der Waals surface area contributed by atoms with Gasteiger partial charge in [0.25, 0.3) is 0 Å². The van der Waals surface area contributed by atoms with Gasteiger partial charge in [0, 0.05) is 17.0 Å². The van der Waals surface area contributed by atoms with E-state index in [4.69, 9.17) is 4.74 Å². The van der Waals surface area contributed by atoms with E-state index in [9.17, 15) is 9.50 Å². The first kappa shape index (κ1) is 11.4. The molecule has 2 rings (SSSR count). The van der Waals surface area contributed by atoms with Crippen molar-refractivity contribution in [3.8, 4) is 5.75 Å². The fourth-order valence-corrected chi connectivity index (χ4v) is 2.02. The molecule has 0 aliphatic heterocycles. The van der Waals surface area contributed by atoms with Gasteiger partial charge in [-0.3, -0.25) is 0 Å². The van der Waals surface area contributed by atoms with Crippen molar-refractivity contribution in [2.75, 3.05) is 7.11 Å². The van der Waals surface area contributed by atoms with Gasteiger partial charge in [-0.25, -0.2) is 4.39 Å². The van der Waals surface area contributed by atoms with Gasteiger partial charge in [0.05, 0.1) is 12.7 Å². The van der Waals surface area contributed by atoms with Gasteiger partial charge >= 0.3 is 0 Å². The first-order valence-corrected chi connectivity index (χ1v) is 5.47. The molecule has 1 aliphatic carbocycles. The number of aliphatic hydroxyl groups is 1. The fraction of sp³-hybridized carbons (Fsp3) is 0.538. The zero-order chi connectivity index (χ0) is 12.0. The van der Waals surface area contributed by atoms with Crippen LogP contribution in [-0.4, -0.2) is 12.2 Å². The molecule has 0 saturated heterocycles. The summed E-state index contributed by atoms with van der Waals surface area (Å²) in [6.07, 6.45) is 1.87. The summed E-state index contributed by atoms with van der Waals surface area (Å²) in [5.74, 6) is 0.0653. The van der Waals surface area contributed by atoms with E-state index >= 15 is 0 Å². The van der Waals surface area contributed by atoms with Gasteiger partial charge in [-0.15, -0.1) is 0 Å². The van der Waals surface area contributed by atoms with Crippen molar-refractivity contribution in [2.24, 2.45) is 5.41 Å². The van der Waals surface area contributed by atoms with Crippen molar-refractivity contribution in [3.05, 3.63) is 29.6 Å². The lowest BCUT2D eigenvalue weighted by Gasteiger charge is -2.31. The van der Waals surface area contributed by atoms with Crippen LogP contribution in [0.25, 0.3) is 0 Å². The molecule has 0 aromatic heterocycles. The highest BCUT2D eigenvalue weighted by Crippen LogP contribution is 2.58. The van der Waals surface area contributed by atoms with Crippen molar-refractivity contribution < 1.29 is 14.2 Å². The third kappa shape index (κ3) is 1.59. The summed E-state index contributed by atoms with van der Waals surface area (Å²) >= 11 is 0. The second-order valence-electron chi connectivity index (χ2n) is 4.98. The van der Waals surface area contributed by atoms with E-state index in [0.29, 0.717) is 11.3 Å². The van der Waals surface area contributed by atoms with Crippen molar-refractivity contribution in [1.82, 2.24) is 0 Å². The molecule has 88 valence electrons. The maximum Gasteiger partial charge on any atom is 0.132 e. The molecule has 0 radical (unpaired) electrons. The highest BCUT2D eigenvalue weighted by molar-refractivity contribution is 5.34. The highest BCUT2D eigenvalue weighted by Gasteiger charge is 2.53. The molecule has 0 heterocycles. The van der Waals surface area contributed by atoms with Crippen LogP contribution in [0.15, 0.2) is 18.2 Å². The van der Waals surface area contributed by atoms with Crippen molar-refractivity contribution in [1.29, 1.82) is 0 Å². The maximum absolute atomic E-state index is 13.9. The molecule has 0 amide bonds. The van der Waals surface area contributed by atoms with E-state index < -0.39 is 11.4 Å². The largest absolute Gasteiger partial charge is 0.497 e. The van der Waals surface area contributed by atoms with Gasteiger partial charge in [0.1, 0.15) is 11.6 Å². The summed E-state index contributed by atoms with van der Waals surface area (Å²) in [6.45, 7) is 3.67. The second-order valence-corrected chi connectivity index (χ2v) is 4.98. The Morgan fingerprint density at radius 1 is 1.44 bits per heavy atom. The van der Waals surface area contributed by atoms with Crippen LogP contribution in [0.1, 0.15) is 32.3 Å². The number of halogens is 1. The first-order chi connectivity index (χ1) is 7.40. The number of hydrogen-bond acceptors (Lipinski definition) is 2. The van der Waals surface area contributed by atoms with Gasteiger partial charge in [-0.2, -0.15) is 0 Å². The number of methoxy groups -OCH3 is 1. The van der Waals surface area contributed by atoms with Crippen LogP contribution in [0.5, 0.6) is 5.75 Å². The summed E-state index contributed by atoms with van der Waals surface area (Å²) < 4.78 is 18.8. The Bertz CT molecular complexity index is 408. The van der Waals surface area contributed by atoms with Gasteiger partial charge in [0.2, 0.25) is 0 Å². The Labute approximate surface area is 95.1 Å². The zero-order valence-electron chi connectivity index (χ0n) is 9.88. The van der Waals surface area contributed by atoms with E-state index in [2.05, 4.69) is 0 Å². The normalized spacial score (nSPS) is 21.3. The second kappa shape index (κ2) is 3.45. The van der Waals surface area contributed by atoms with Crippen LogP contribution in [-0.2, 0) is 5.60 Å². The highest BCUT2D eigenvalue weighted by atomic mass is 19.1. The third-order valence-corrected chi connectivity index (χ3v) is 3.88. The quantitative estimate of drug-likeness (QED) is 0.855. The average molecular weight is 224 g/mol. The molecule has 1 saturated carbocycles. The van der Waals surface area contributed by atoms with Crippen LogP contribution in [0.2, 0.25) is 0 Å². The summed E-state index contributed by atoms with van der Waals surface area (Å²) in [6, 6.07) is 4.60.